The molecule has 4 rings (SSSR count). The van der Waals surface area contributed by atoms with Gasteiger partial charge in [0.05, 0.1) is 11.9 Å². The van der Waals surface area contributed by atoms with Crippen LogP contribution < -0.4 is 15.1 Å². The third-order valence-electron chi connectivity index (χ3n) is 4.63. The summed E-state index contributed by atoms with van der Waals surface area (Å²) in [4.78, 5) is 29.4. The molecule has 1 N–H and O–H groups in total. The average Bonchev–Trinajstić information content (AvgIpc) is 2.77. The Kier molecular flexibility index (Phi) is 5.28. The van der Waals surface area contributed by atoms with Crippen molar-refractivity contribution >= 4 is 23.4 Å². The van der Waals surface area contributed by atoms with E-state index in [0.717, 1.165) is 50.1 Å². The van der Waals surface area contributed by atoms with E-state index >= 15 is 0 Å². The van der Waals surface area contributed by atoms with Crippen molar-refractivity contribution in [2.75, 3.05) is 41.3 Å². The normalized spacial score (nSPS) is 14.0. The Morgan fingerprint density at radius 3 is 2.28 bits per heavy atom. The van der Waals surface area contributed by atoms with Gasteiger partial charge in [0.2, 0.25) is 5.95 Å². The zero-order valence-corrected chi connectivity index (χ0v) is 15.4. The zero-order chi connectivity index (χ0) is 20.2. The maximum Gasteiger partial charge on any atom is 0.255 e. The molecule has 1 saturated heterocycles. The molecule has 148 valence electrons. The lowest BCUT2D eigenvalue weighted by atomic mass is 10.2. The number of carbonyl (C=O) groups excluding carboxylic acids is 1. The van der Waals surface area contributed by atoms with Crippen molar-refractivity contribution in [2.45, 2.75) is 0 Å². The first-order chi connectivity index (χ1) is 14.1. The maximum absolute atomic E-state index is 13.3. The molecule has 29 heavy (non-hydrogen) atoms. The molecule has 7 nitrogen and oxygen atoms in total. The molecule has 1 aromatic carbocycles. The van der Waals surface area contributed by atoms with Crippen LogP contribution in [0.15, 0.2) is 55.0 Å². The fourth-order valence-corrected chi connectivity index (χ4v) is 3.08. The number of carbonyl (C=O) groups is 1. The van der Waals surface area contributed by atoms with Gasteiger partial charge >= 0.3 is 0 Å². The standard InChI is InChI=1S/C20H18F2N6O/c21-16-4-2-14(12-17(16)22)19(29)26-15-3-5-18(25-13-15)27-8-10-28(11-9-27)20-23-6-1-7-24-20/h1-7,12-13H,8-11H2,(H,26,29). The van der Waals surface area contributed by atoms with Gasteiger partial charge in [-0.3, -0.25) is 4.79 Å². The molecule has 3 aromatic rings. The lowest BCUT2D eigenvalue weighted by Crippen LogP contribution is -2.47. The van der Waals surface area contributed by atoms with Crippen LogP contribution in [0.1, 0.15) is 10.4 Å². The summed E-state index contributed by atoms with van der Waals surface area (Å²) in [7, 11) is 0. The molecular weight excluding hydrogens is 378 g/mol. The number of hydrogen-bond donors (Lipinski definition) is 1. The highest BCUT2D eigenvalue weighted by Crippen LogP contribution is 2.18. The zero-order valence-electron chi connectivity index (χ0n) is 15.4. The minimum atomic E-state index is -1.06. The Hall–Kier alpha value is -3.62. The lowest BCUT2D eigenvalue weighted by Gasteiger charge is -2.35. The van der Waals surface area contributed by atoms with E-state index in [2.05, 4.69) is 30.1 Å². The predicted octanol–water partition coefficient (Wildman–Crippen LogP) is 2.73. The molecule has 0 radical (unpaired) electrons. The number of benzene rings is 1. The van der Waals surface area contributed by atoms with E-state index in [-0.39, 0.29) is 5.56 Å². The summed E-state index contributed by atoms with van der Waals surface area (Å²) >= 11 is 0. The third-order valence-corrected chi connectivity index (χ3v) is 4.63. The Balaban J connectivity index is 1.36. The van der Waals surface area contributed by atoms with Gasteiger partial charge in [0.1, 0.15) is 5.82 Å². The number of aromatic nitrogens is 3. The van der Waals surface area contributed by atoms with Crippen LogP contribution in [0.25, 0.3) is 0 Å². The van der Waals surface area contributed by atoms with Crippen molar-refractivity contribution in [3.05, 3.63) is 72.2 Å². The quantitative estimate of drug-likeness (QED) is 0.731. The van der Waals surface area contributed by atoms with Crippen molar-refractivity contribution in [1.82, 2.24) is 15.0 Å². The molecule has 0 aliphatic carbocycles. The highest BCUT2D eigenvalue weighted by Gasteiger charge is 2.19. The summed E-state index contributed by atoms with van der Waals surface area (Å²) < 4.78 is 26.3. The molecular formula is C20H18F2N6O. The Labute approximate surface area is 166 Å². The van der Waals surface area contributed by atoms with Crippen molar-refractivity contribution in [1.29, 1.82) is 0 Å². The van der Waals surface area contributed by atoms with E-state index in [1.165, 1.54) is 6.07 Å². The summed E-state index contributed by atoms with van der Waals surface area (Å²) in [5.74, 6) is -1.08. The van der Waals surface area contributed by atoms with Crippen LogP contribution in [0.4, 0.5) is 26.2 Å². The number of piperazine rings is 1. The lowest BCUT2D eigenvalue weighted by molar-refractivity contribution is 0.102. The monoisotopic (exact) mass is 396 g/mol. The SMILES string of the molecule is O=C(Nc1ccc(N2CCN(c3ncccn3)CC2)nc1)c1ccc(F)c(F)c1. The molecule has 3 heterocycles. The summed E-state index contributed by atoms with van der Waals surface area (Å²) in [5.41, 5.74) is 0.507. The molecule has 1 aliphatic rings. The van der Waals surface area contributed by atoms with E-state index < -0.39 is 17.5 Å². The highest BCUT2D eigenvalue weighted by atomic mass is 19.2. The van der Waals surface area contributed by atoms with Crippen LogP contribution >= 0.6 is 0 Å². The average molecular weight is 396 g/mol. The van der Waals surface area contributed by atoms with Crippen LogP contribution in [0.3, 0.4) is 0 Å². The van der Waals surface area contributed by atoms with Gasteiger partial charge in [0.15, 0.2) is 11.6 Å². The van der Waals surface area contributed by atoms with Gasteiger partial charge in [0.25, 0.3) is 5.91 Å². The molecule has 9 heteroatoms. The summed E-state index contributed by atoms with van der Waals surface area (Å²) in [6.07, 6.45) is 4.99. The number of nitrogens with zero attached hydrogens (tertiary/aromatic N) is 5. The largest absolute Gasteiger partial charge is 0.353 e. The summed E-state index contributed by atoms with van der Waals surface area (Å²) in [6.45, 7) is 3.10. The molecule has 0 atom stereocenters. The minimum Gasteiger partial charge on any atom is -0.353 e. The molecule has 1 amide bonds. The molecule has 2 aromatic heterocycles. The maximum atomic E-state index is 13.3. The van der Waals surface area contributed by atoms with Gasteiger partial charge in [0, 0.05) is 44.1 Å². The van der Waals surface area contributed by atoms with Crippen molar-refractivity contribution < 1.29 is 13.6 Å². The van der Waals surface area contributed by atoms with Crippen LogP contribution in [-0.4, -0.2) is 47.0 Å². The topological polar surface area (TPSA) is 74.2 Å². The molecule has 0 bridgehead atoms. The van der Waals surface area contributed by atoms with Crippen LogP contribution in [0.2, 0.25) is 0 Å². The van der Waals surface area contributed by atoms with Crippen molar-refractivity contribution in [3.63, 3.8) is 0 Å². The van der Waals surface area contributed by atoms with E-state index in [4.69, 9.17) is 0 Å². The van der Waals surface area contributed by atoms with Gasteiger partial charge in [-0.25, -0.2) is 23.7 Å². The van der Waals surface area contributed by atoms with Gasteiger partial charge in [-0.15, -0.1) is 0 Å². The Morgan fingerprint density at radius 2 is 1.62 bits per heavy atom. The number of amides is 1. The number of pyridine rings is 1. The van der Waals surface area contributed by atoms with E-state index in [1.54, 1.807) is 30.7 Å². The third kappa shape index (κ3) is 4.29. The van der Waals surface area contributed by atoms with E-state index in [9.17, 15) is 13.6 Å². The van der Waals surface area contributed by atoms with Crippen LogP contribution in [0, 0.1) is 11.6 Å². The van der Waals surface area contributed by atoms with Gasteiger partial charge in [-0.1, -0.05) is 0 Å². The fraction of sp³-hybridized carbons (Fsp3) is 0.200. The first-order valence-corrected chi connectivity index (χ1v) is 9.09. The molecule has 1 aliphatic heterocycles. The predicted molar refractivity (Wildman–Crippen MR) is 105 cm³/mol. The smallest absolute Gasteiger partial charge is 0.255 e. The van der Waals surface area contributed by atoms with Gasteiger partial charge < -0.3 is 15.1 Å². The summed E-state index contributed by atoms with van der Waals surface area (Å²) in [6, 6.07) is 8.35. The number of anilines is 3. The first-order valence-electron chi connectivity index (χ1n) is 9.09. The number of nitrogens with one attached hydrogen (secondary N) is 1. The van der Waals surface area contributed by atoms with Gasteiger partial charge in [-0.2, -0.15) is 0 Å². The first kappa shape index (κ1) is 18.7. The minimum absolute atomic E-state index is 0.0345. The number of halogens is 2. The molecule has 1 fully saturated rings. The number of rotatable bonds is 4. The second-order valence-corrected chi connectivity index (χ2v) is 6.51. The van der Waals surface area contributed by atoms with E-state index in [0.29, 0.717) is 5.69 Å². The van der Waals surface area contributed by atoms with Crippen LogP contribution in [-0.2, 0) is 0 Å². The molecule has 0 spiro atoms. The van der Waals surface area contributed by atoms with E-state index in [1.807, 2.05) is 6.07 Å². The molecule has 0 saturated carbocycles. The number of hydrogen-bond acceptors (Lipinski definition) is 6. The second kappa shape index (κ2) is 8.17. The Bertz CT molecular complexity index is 992. The fourth-order valence-electron chi connectivity index (χ4n) is 3.08. The molecule has 0 unspecified atom stereocenters. The van der Waals surface area contributed by atoms with Crippen molar-refractivity contribution in [3.8, 4) is 0 Å². The Morgan fingerprint density at radius 1 is 0.897 bits per heavy atom. The second-order valence-electron chi connectivity index (χ2n) is 6.51. The summed E-state index contributed by atoms with van der Waals surface area (Å²) in [5, 5.41) is 2.63. The van der Waals surface area contributed by atoms with Gasteiger partial charge in [-0.05, 0) is 36.4 Å². The van der Waals surface area contributed by atoms with Crippen molar-refractivity contribution in [2.24, 2.45) is 0 Å². The van der Waals surface area contributed by atoms with Crippen LogP contribution in [0.5, 0.6) is 0 Å². The highest BCUT2D eigenvalue weighted by molar-refractivity contribution is 6.04.